The van der Waals surface area contributed by atoms with Gasteiger partial charge in [0.05, 0.1) is 0 Å². The van der Waals surface area contributed by atoms with Gasteiger partial charge in [-0.15, -0.1) is 0 Å². The Morgan fingerprint density at radius 3 is 2.50 bits per heavy atom. The molecule has 0 radical (unpaired) electrons. The predicted octanol–water partition coefficient (Wildman–Crippen LogP) is 2.81. The highest BCUT2D eigenvalue weighted by Gasteiger charge is 2.26. The maximum absolute atomic E-state index is 3.59. The lowest BCUT2D eigenvalue weighted by atomic mass is 9.95. The van der Waals surface area contributed by atoms with Crippen LogP contribution in [-0.4, -0.2) is 12.6 Å². The molecule has 1 N–H and O–H groups in total. The van der Waals surface area contributed by atoms with Crippen LogP contribution in [0.1, 0.15) is 46.5 Å². The molecule has 1 aliphatic rings. The van der Waals surface area contributed by atoms with Crippen LogP contribution in [0.3, 0.4) is 0 Å². The molecule has 3 atom stereocenters. The van der Waals surface area contributed by atoms with Gasteiger partial charge in [0, 0.05) is 6.04 Å². The van der Waals surface area contributed by atoms with Crippen LogP contribution in [0.15, 0.2) is 0 Å². The molecular weight excluding hydrogens is 146 g/mol. The van der Waals surface area contributed by atoms with Crippen LogP contribution in [0.25, 0.3) is 0 Å². The second kappa shape index (κ2) is 4.86. The fourth-order valence-electron chi connectivity index (χ4n) is 2.52. The topological polar surface area (TPSA) is 12.0 Å². The lowest BCUT2D eigenvalue weighted by molar-refractivity contribution is 0.347. The molecule has 0 aromatic carbocycles. The van der Waals surface area contributed by atoms with Gasteiger partial charge in [-0.2, -0.15) is 0 Å². The van der Waals surface area contributed by atoms with E-state index >= 15 is 0 Å². The first-order valence-electron chi connectivity index (χ1n) is 5.51. The summed E-state index contributed by atoms with van der Waals surface area (Å²) in [5.41, 5.74) is 0. The van der Waals surface area contributed by atoms with Gasteiger partial charge in [-0.05, 0) is 37.6 Å². The summed E-state index contributed by atoms with van der Waals surface area (Å²) >= 11 is 0. The summed E-state index contributed by atoms with van der Waals surface area (Å²) in [6.07, 6.45) is 5.65. The highest BCUT2D eigenvalue weighted by molar-refractivity contribution is 4.82. The highest BCUT2D eigenvalue weighted by Crippen LogP contribution is 2.33. The van der Waals surface area contributed by atoms with E-state index in [9.17, 15) is 0 Å². The van der Waals surface area contributed by atoms with Crippen molar-refractivity contribution in [2.45, 2.75) is 52.5 Å². The average Bonchev–Trinajstić information content (AvgIpc) is 2.47. The quantitative estimate of drug-likeness (QED) is 0.682. The second-order valence-corrected chi connectivity index (χ2v) is 4.25. The SMILES string of the molecule is CCNC(CC)C1CCC(C)C1. The molecule has 1 nitrogen and oxygen atoms in total. The van der Waals surface area contributed by atoms with Gasteiger partial charge >= 0.3 is 0 Å². The molecule has 1 fully saturated rings. The minimum Gasteiger partial charge on any atom is -0.314 e. The van der Waals surface area contributed by atoms with Gasteiger partial charge in [0.2, 0.25) is 0 Å². The standard InChI is InChI=1S/C11H23N/c1-4-11(12-5-2)10-7-6-9(3)8-10/h9-12H,4-8H2,1-3H3. The molecular formula is C11H23N. The van der Waals surface area contributed by atoms with Gasteiger partial charge in [-0.1, -0.05) is 27.2 Å². The van der Waals surface area contributed by atoms with Gasteiger partial charge < -0.3 is 5.32 Å². The second-order valence-electron chi connectivity index (χ2n) is 4.25. The van der Waals surface area contributed by atoms with Gasteiger partial charge in [0.25, 0.3) is 0 Å². The van der Waals surface area contributed by atoms with E-state index in [0.29, 0.717) is 0 Å². The van der Waals surface area contributed by atoms with Crippen molar-refractivity contribution in [3.05, 3.63) is 0 Å². The van der Waals surface area contributed by atoms with Crippen molar-refractivity contribution < 1.29 is 0 Å². The van der Waals surface area contributed by atoms with Crippen LogP contribution in [0.4, 0.5) is 0 Å². The van der Waals surface area contributed by atoms with E-state index in [-0.39, 0.29) is 0 Å². The summed E-state index contributed by atoms with van der Waals surface area (Å²) < 4.78 is 0. The van der Waals surface area contributed by atoms with E-state index in [4.69, 9.17) is 0 Å². The number of nitrogens with one attached hydrogen (secondary N) is 1. The fourth-order valence-corrected chi connectivity index (χ4v) is 2.52. The Balaban J connectivity index is 2.33. The Morgan fingerprint density at radius 2 is 2.08 bits per heavy atom. The summed E-state index contributed by atoms with van der Waals surface area (Å²) in [5, 5.41) is 3.59. The molecule has 12 heavy (non-hydrogen) atoms. The maximum atomic E-state index is 3.59. The van der Waals surface area contributed by atoms with E-state index in [1.807, 2.05) is 0 Å². The van der Waals surface area contributed by atoms with Crippen LogP contribution in [-0.2, 0) is 0 Å². The average molecular weight is 169 g/mol. The van der Waals surface area contributed by atoms with Crippen LogP contribution in [0.5, 0.6) is 0 Å². The fraction of sp³-hybridized carbons (Fsp3) is 1.00. The number of hydrogen-bond donors (Lipinski definition) is 1. The van der Waals surface area contributed by atoms with E-state index in [1.165, 1.54) is 25.7 Å². The zero-order valence-electron chi connectivity index (χ0n) is 8.77. The first-order valence-corrected chi connectivity index (χ1v) is 5.51. The summed E-state index contributed by atoms with van der Waals surface area (Å²) in [5.74, 6) is 1.94. The molecule has 0 bridgehead atoms. The maximum Gasteiger partial charge on any atom is 0.00926 e. The Bertz CT molecular complexity index is 120. The molecule has 0 saturated heterocycles. The van der Waals surface area contributed by atoms with E-state index in [0.717, 1.165) is 24.4 Å². The summed E-state index contributed by atoms with van der Waals surface area (Å²) in [6, 6.07) is 0.792. The highest BCUT2D eigenvalue weighted by atomic mass is 14.9. The van der Waals surface area contributed by atoms with E-state index in [2.05, 4.69) is 26.1 Å². The van der Waals surface area contributed by atoms with Gasteiger partial charge in [0.1, 0.15) is 0 Å². The minimum atomic E-state index is 0.792. The van der Waals surface area contributed by atoms with Crippen molar-refractivity contribution in [1.82, 2.24) is 5.32 Å². The van der Waals surface area contributed by atoms with Gasteiger partial charge in [-0.25, -0.2) is 0 Å². The van der Waals surface area contributed by atoms with Crippen molar-refractivity contribution in [2.75, 3.05) is 6.54 Å². The zero-order valence-corrected chi connectivity index (χ0v) is 8.77. The minimum absolute atomic E-state index is 0.792. The molecule has 1 heteroatoms. The van der Waals surface area contributed by atoms with Crippen molar-refractivity contribution >= 4 is 0 Å². The van der Waals surface area contributed by atoms with Crippen LogP contribution < -0.4 is 5.32 Å². The van der Waals surface area contributed by atoms with E-state index in [1.54, 1.807) is 0 Å². The Kier molecular flexibility index (Phi) is 4.07. The molecule has 1 aliphatic carbocycles. The van der Waals surface area contributed by atoms with Crippen LogP contribution >= 0.6 is 0 Å². The third kappa shape index (κ3) is 2.48. The first kappa shape index (κ1) is 10.0. The molecule has 0 aliphatic heterocycles. The normalized spacial score (nSPS) is 32.2. The molecule has 3 unspecified atom stereocenters. The molecule has 72 valence electrons. The third-order valence-corrected chi connectivity index (χ3v) is 3.21. The first-order chi connectivity index (χ1) is 5.77. The lowest BCUT2D eigenvalue weighted by Gasteiger charge is -2.22. The van der Waals surface area contributed by atoms with Gasteiger partial charge in [0.15, 0.2) is 0 Å². The summed E-state index contributed by atoms with van der Waals surface area (Å²) in [4.78, 5) is 0. The lowest BCUT2D eigenvalue weighted by Crippen LogP contribution is -2.34. The molecule has 0 spiro atoms. The molecule has 0 aromatic heterocycles. The monoisotopic (exact) mass is 169 g/mol. The Labute approximate surface area is 76.9 Å². The smallest absolute Gasteiger partial charge is 0.00926 e. The van der Waals surface area contributed by atoms with Crippen molar-refractivity contribution in [1.29, 1.82) is 0 Å². The molecule has 0 amide bonds. The molecule has 0 heterocycles. The van der Waals surface area contributed by atoms with Crippen LogP contribution in [0, 0.1) is 11.8 Å². The van der Waals surface area contributed by atoms with Gasteiger partial charge in [-0.3, -0.25) is 0 Å². The third-order valence-electron chi connectivity index (χ3n) is 3.21. The number of hydrogen-bond acceptors (Lipinski definition) is 1. The summed E-state index contributed by atoms with van der Waals surface area (Å²) in [7, 11) is 0. The largest absolute Gasteiger partial charge is 0.314 e. The van der Waals surface area contributed by atoms with Crippen molar-refractivity contribution in [2.24, 2.45) is 11.8 Å². The molecule has 0 aromatic rings. The number of rotatable bonds is 4. The van der Waals surface area contributed by atoms with E-state index < -0.39 is 0 Å². The van der Waals surface area contributed by atoms with Crippen molar-refractivity contribution in [3.63, 3.8) is 0 Å². The molecule has 1 saturated carbocycles. The van der Waals surface area contributed by atoms with Crippen molar-refractivity contribution in [3.8, 4) is 0 Å². The summed E-state index contributed by atoms with van der Waals surface area (Å²) in [6.45, 7) is 8.03. The Morgan fingerprint density at radius 1 is 1.33 bits per heavy atom. The molecule has 1 rings (SSSR count). The Hall–Kier alpha value is -0.0400. The zero-order chi connectivity index (χ0) is 8.97. The predicted molar refractivity (Wildman–Crippen MR) is 54.3 cm³/mol. The van der Waals surface area contributed by atoms with Crippen LogP contribution in [0.2, 0.25) is 0 Å².